The Labute approximate surface area is 123 Å². The zero-order valence-electron chi connectivity index (χ0n) is 11.8. The maximum atomic E-state index is 10.8. The van der Waals surface area contributed by atoms with E-state index in [4.69, 9.17) is 9.84 Å². The van der Waals surface area contributed by atoms with Crippen LogP contribution in [0.25, 0.3) is 0 Å². The van der Waals surface area contributed by atoms with Gasteiger partial charge >= 0.3 is 5.97 Å². The monoisotopic (exact) mass is 286 g/mol. The Kier molecular flexibility index (Phi) is 4.95. The third-order valence-electron chi connectivity index (χ3n) is 3.22. The minimum Gasteiger partial charge on any atom is -0.489 e. The predicted molar refractivity (Wildman–Crippen MR) is 79.2 cm³/mol. The van der Waals surface area contributed by atoms with E-state index >= 15 is 0 Å². The lowest BCUT2D eigenvalue weighted by molar-refractivity contribution is -0.136. The van der Waals surface area contributed by atoms with Gasteiger partial charge in [0.15, 0.2) is 0 Å². The van der Waals surface area contributed by atoms with Gasteiger partial charge in [-0.1, -0.05) is 36.4 Å². The molecule has 0 spiro atoms. The largest absolute Gasteiger partial charge is 0.489 e. The van der Waals surface area contributed by atoms with Crippen LogP contribution in [0.3, 0.4) is 0 Å². The Morgan fingerprint density at radius 3 is 2.29 bits per heavy atom. The standard InChI is InChI=1S/C17H18O4/c1-12(18)13-6-8-16(9-7-13)21-11-15-5-3-2-4-14(15)10-17(19)20/h2-9,12,18H,10-11H2,1H3,(H,19,20). The lowest BCUT2D eigenvalue weighted by Crippen LogP contribution is -2.05. The first-order valence-corrected chi connectivity index (χ1v) is 6.75. The van der Waals surface area contributed by atoms with Crippen molar-refractivity contribution in [3.05, 3.63) is 65.2 Å². The van der Waals surface area contributed by atoms with Gasteiger partial charge in [0, 0.05) is 0 Å². The number of aliphatic hydroxyl groups excluding tert-OH is 1. The molecule has 2 N–H and O–H groups in total. The number of aliphatic hydroxyl groups is 1. The fourth-order valence-corrected chi connectivity index (χ4v) is 2.04. The molecule has 0 radical (unpaired) electrons. The van der Waals surface area contributed by atoms with Crippen LogP contribution in [-0.4, -0.2) is 16.2 Å². The molecule has 0 heterocycles. The molecule has 0 saturated carbocycles. The average molecular weight is 286 g/mol. The second-order valence-electron chi connectivity index (χ2n) is 4.87. The quantitative estimate of drug-likeness (QED) is 0.856. The van der Waals surface area contributed by atoms with Crippen LogP contribution in [0.4, 0.5) is 0 Å². The predicted octanol–water partition coefficient (Wildman–Crippen LogP) is 2.95. The highest BCUT2D eigenvalue weighted by Gasteiger charge is 2.07. The van der Waals surface area contributed by atoms with Crippen molar-refractivity contribution < 1.29 is 19.7 Å². The Hall–Kier alpha value is -2.33. The molecular weight excluding hydrogens is 268 g/mol. The van der Waals surface area contributed by atoms with Gasteiger partial charge in [0.25, 0.3) is 0 Å². The highest BCUT2D eigenvalue weighted by molar-refractivity contribution is 5.70. The van der Waals surface area contributed by atoms with Crippen LogP contribution in [0.5, 0.6) is 5.75 Å². The molecule has 1 atom stereocenters. The van der Waals surface area contributed by atoms with E-state index in [0.717, 1.165) is 16.7 Å². The molecule has 0 aliphatic carbocycles. The fraction of sp³-hybridized carbons (Fsp3) is 0.235. The molecule has 110 valence electrons. The Balaban J connectivity index is 2.04. The zero-order valence-corrected chi connectivity index (χ0v) is 11.8. The summed E-state index contributed by atoms with van der Waals surface area (Å²) < 4.78 is 5.67. The van der Waals surface area contributed by atoms with Crippen molar-refractivity contribution in [2.45, 2.75) is 26.1 Å². The second-order valence-corrected chi connectivity index (χ2v) is 4.87. The molecule has 2 rings (SSSR count). The fourth-order valence-electron chi connectivity index (χ4n) is 2.04. The van der Waals surface area contributed by atoms with E-state index in [1.807, 2.05) is 30.3 Å². The van der Waals surface area contributed by atoms with Crippen molar-refractivity contribution in [2.24, 2.45) is 0 Å². The first kappa shape index (κ1) is 15.1. The molecule has 21 heavy (non-hydrogen) atoms. The van der Waals surface area contributed by atoms with Gasteiger partial charge in [0.05, 0.1) is 12.5 Å². The van der Waals surface area contributed by atoms with Gasteiger partial charge in [0.2, 0.25) is 0 Å². The lowest BCUT2D eigenvalue weighted by atomic mass is 10.1. The molecule has 0 aliphatic rings. The number of hydrogen-bond donors (Lipinski definition) is 2. The molecule has 4 heteroatoms. The molecule has 0 bridgehead atoms. The summed E-state index contributed by atoms with van der Waals surface area (Å²) in [6, 6.07) is 14.5. The van der Waals surface area contributed by atoms with E-state index in [9.17, 15) is 9.90 Å². The normalized spacial score (nSPS) is 11.9. The number of rotatable bonds is 6. The summed E-state index contributed by atoms with van der Waals surface area (Å²) in [4.78, 5) is 10.8. The Bertz CT molecular complexity index is 602. The zero-order chi connectivity index (χ0) is 15.2. The number of hydrogen-bond acceptors (Lipinski definition) is 3. The Morgan fingerprint density at radius 2 is 1.71 bits per heavy atom. The second kappa shape index (κ2) is 6.90. The van der Waals surface area contributed by atoms with Crippen molar-refractivity contribution in [1.29, 1.82) is 0 Å². The minimum absolute atomic E-state index is 0.0134. The van der Waals surface area contributed by atoms with E-state index in [0.29, 0.717) is 12.4 Å². The van der Waals surface area contributed by atoms with Crippen LogP contribution in [0.15, 0.2) is 48.5 Å². The van der Waals surface area contributed by atoms with Crippen LogP contribution in [0.1, 0.15) is 29.7 Å². The summed E-state index contributed by atoms with van der Waals surface area (Å²) in [6.45, 7) is 2.02. The van der Waals surface area contributed by atoms with E-state index < -0.39 is 12.1 Å². The summed E-state index contributed by atoms with van der Waals surface area (Å²) in [5, 5.41) is 18.3. The average Bonchev–Trinajstić information content (AvgIpc) is 2.46. The van der Waals surface area contributed by atoms with Crippen LogP contribution in [-0.2, 0) is 17.8 Å². The SMILES string of the molecule is CC(O)c1ccc(OCc2ccccc2CC(=O)O)cc1. The molecule has 4 nitrogen and oxygen atoms in total. The van der Waals surface area contributed by atoms with E-state index in [1.54, 1.807) is 25.1 Å². The number of carbonyl (C=O) groups is 1. The van der Waals surface area contributed by atoms with Gasteiger partial charge in [-0.25, -0.2) is 0 Å². The number of carboxylic acid groups (broad SMARTS) is 1. The first-order valence-electron chi connectivity index (χ1n) is 6.75. The summed E-state index contributed by atoms with van der Waals surface area (Å²) >= 11 is 0. The van der Waals surface area contributed by atoms with E-state index in [2.05, 4.69) is 0 Å². The summed E-state index contributed by atoms with van der Waals surface area (Å²) in [7, 11) is 0. The highest BCUT2D eigenvalue weighted by atomic mass is 16.5. The molecule has 0 aliphatic heterocycles. The number of carboxylic acids is 1. The topological polar surface area (TPSA) is 66.8 Å². The molecule has 2 aromatic rings. The summed E-state index contributed by atoms with van der Waals surface area (Å²) in [5.74, 6) is -0.173. The number of benzene rings is 2. The molecule has 0 fully saturated rings. The number of aliphatic carboxylic acids is 1. The molecule has 1 unspecified atom stereocenters. The smallest absolute Gasteiger partial charge is 0.307 e. The van der Waals surface area contributed by atoms with Crippen LogP contribution in [0.2, 0.25) is 0 Å². The van der Waals surface area contributed by atoms with Gasteiger partial charge < -0.3 is 14.9 Å². The van der Waals surface area contributed by atoms with Crippen molar-refractivity contribution >= 4 is 5.97 Å². The van der Waals surface area contributed by atoms with Crippen LogP contribution in [0, 0.1) is 0 Å². The van der Waals surface area contributed by atoms with Crippen molar-refractivity contribution in [3.8, 4) is 5.75 Å². The first-order chi connectivity index (χ1) is 10.1. The van der Waals surface area contributed by atoms with Crippen LogP contribution < -0.4 is 4.74 Å². The van der Waals surface area contributed by atoms with Gasteiger partial charge in [-0.15, -0.1) is 0 Å². The number of ether oxygens (including phenoxy) is 1. The van der Waals surface area contributed by atoms with Crippen molar-refractivity contribution in [2.75, 3.05) is 0 Å². The van der Waals surface area contributed by atoms with Crippen molar-refractivity contribution in [1.82, 2.24) is 0 Å². The maximum absolute atomic E-state index is 10.8. The maximum Gasteiger partial charge on any atom is 0.307 e. The van der Waals surface area contributed by atoms with E-state index in [-0.39, 0.29) is 6.42 Å². The minimum atomic E-state index is -0.858. The van der Waals surface area contributed by atoms with Crippen LogP contribution >= 0.6 is 0 Å². The third-order valence-corrected chi connectivity index (χ3v) is 3.22. The lowest BCUT2D eigenvalue weighted by Gasteiger charge is -2.11. The van der Waals surface area contributed by atoms with E-state index in [1.165, 1.54) is 0 Å². The highest BCUT2D eigenvalue weighted by Crippen LogP contribution is 2.19. The summed E-state index contributed by atoms with van der Waals surface area (Å²) in [6.07, 6.45) is -0.518. The Morgan fingerprint density at radius 1 is 1.10 bits per heavy atom. The van der Waals surface area contributed by atoms with Gasteiger partial charge in [-0.05, 0) is 35.7 Å². The molecule has 0 saturated heterocycles. The summed E-state index contributed by atoms with van der Waals surface area (Å²) in [5.41, 5.74) is 2.44. The van der Waals surface area contributed by atoms with Gasteiger partial charge in [0.1, 0.15) is 12.4 Å². The molecule has 0 aromatic heterocycles. The van der Waals surface area contributed by atoms with Crippen molar-refractivity contribution in [3.63, 3.8) is 0 Å². The molecule has 2 aromatic carbocycles. The molecule has 0 amide bonds. The van der Waals surface area contributed by atoms with Gasteiger partial charge in [-0.3, -0.25) is 4.79 Å². The third kappa shape index (κ3) is 4.33. The molecular formula is C17H18O4. The van der Waals surface area contributed by atoms with Gasteiger partial charge in [-0.2, -0.15) is 0 Å².